The molecule has 0 atom stereocenters. The molecule has 108 valence electrons. The minimum Gasteiger partial charge on any atom is -0.343 e. The number of nitrogens with zero attached hydrogens (tertiary/aromatic N) is 1. The fraction of sp³-hybridized carbons (Fsp3) is 0.176. The average Bonchev–Trinajstić information content (AvgIpc) is 2.87. The van der Waals surface area contributed by atoms with E-state index in [1.54, 1.807) is 6.07 Å². The molecular formula is C17H16ClFN2. The molecule has 0 unspecified atom stereocenters. The van der Waals surface area contributed by atoms with Crippen LogP contribution in [-0.2, 0) is 13.1 Å². The van der Waals surface area contributed by atoms with Gasteiger partial charge in [0.15, 0.2) is 0 Å². The van der Waals surface area contributed by atoms with Crippen LogP contribution in [0.5, 0.6) is 0 Å². The van der Waals surface area contributed by atoms with E-state index in [0.29, 0.717) is 6.54 Å². The van der Waals surface area contributed by atoms with E-state index in [-0.39, 0.29) is 10.8 Å². The van der Waals surface area contributed by atoms with Crippen molar-refractivity contribution in [2.75, 3.05) is 7.05 Å². The molecule has 3 aromatic rings. The summed E-state index contributed by atoms with van der Waals surface area (Å²) in [4.78, 5) is 0. The molecule has 0 spiro atoms. The van der Waals surface area contributed by atoms with E-state index in [2.05, 4.69) is 34.1 Å². The van der Waals surface area contributed by atoms with Crippen molar-refractivity contribution in [1.29, 1.82) is 0 Å². The minimum atomic E-state index is -0.374. The van der Waals surface area contributed by atoms with Crippen molar-refractivity contribution in [1.82, 2.24) is 9.88 Å². The highest BCUT2D eigenvalue weighted by molar-refractivity contribution is 6.31. The summed E-state index contributed by atoms with van der Waals surface area (Å²) in [6.45, 7) is 1.38. The fourth-order valence-corrected chi connectivity index (χ4v) is 2.72. The molecule has 1 N–H and O–H groups in total. The van der Waals surface area contributed by atoms with Crippen LogP contribution >= 0.6 is 11.6 Å². The van der Waals surface area contributed by atoms with E-state index in [9.17, 15) is 4.39 Å². The quantitative estimate of drug-likeness (QED) is 0.764. The Balaban J connectivity index is 2.00. The van der Waals surface area contributed by atoms with Crippen LogP contribution < -0.4 is 5.32 Å². The van der Waals surface area contributed by atoms with Crippen LogP contribution in [-0.4, -0.2) is 11.6 Å². The van der Waals surface area contributed by atoms with Crippen molar-refractivity contribution in [3.63, 3.8) is 0 Å². The maximum absolute atomic E-state index is 13.5. The van der Waals surface area contributed by atoms with Crippen LogP contribution in [0.25, 0.3) is 10.9 Å². The molecule has 0 saturated carbocycles. The molecule has 0 bridgehead atoms. The highest BCUT2D eigenvalue weighted by Crippen LogP contribution is 2.24. The van der Waals surface area contributed by atoms with Crippen LogP contribution in [0.15, 0.2) is 48.7 Å². The summed E-state index contributed by atoms with van der Waals surface area (Å²) in [5, 5.41) is 4.52. The Bertz CT molecular complexity index is 780. The Kier molecular flexibility index (Phi) is 3.95. The predicted molar refractivity (Wildman–Crippen MR) is 85.2 cm³/mol. The molecule has 0 saturated heterocycles. The van der Waals surface area contributed by atoms with Crippen LogP contribution in [0.4, 0.5) is 4.39 Å². The molecule has 0 aliphatic carbocycles. The Hall–Kier alpha value is -1.84. The number of halogens is 2. The van der Waals surface area contributed by atoms with Gasteiger partial charge in [-0.15, -0.1) is 0 Å². The first-order valence-corrected chi connectivity index (χ1v) is 7.22. The number of benzene rings is 2. The van der Waals surface area contributed by atoms with Crippen molar-refractivity contribution < 1.29 is 4.39 Å². The number of aromatic nitrogens is 1. The summed E-state index contributed by atoms with van der Waals surface area (Å²) in [6, 6.07) is 13.3. The monoisotopic (exact) mass is 302 g/mol. The predicted octanol–water partition coefficient (Wildman–Crippen LogP) is 4.20. The molecule has 0 aliphatic heterocycles. The first-order valence-electron chi connectivity index (χ1n) is 6.84. The Morgan fingerprint density at radius 2 is 2.05 bits per heavy atom. The van der Waals surface area contributed by atoms with Crippen LogP contribution in [0.1, 0.15) is 11.1 Å². The van der Waals surface area contributed by atoms with E-state index in [4.69, 9.17) is 11.6 Å². The van der Waals surface area contributed by atoms with Gasteiger partial charge in [0, 0.05) is 24.8 Å². The van der Waals surface area contributed by atoms with Crippen molar-refractivity contribution >= 4 is 22.5 Å². The summed E-state index contributed by atoms with van der Waals surface area (Å²) in [5.74, 6) is -0.374. The summed E-state index contributed by atoms with van der Waals surface area (Å²) in [5.41, 5.74) is 3.13. The fourth-order valence-electron chi connectivity index (χ4n) is 2.54. The number of fused-ring (bicyclic) bond motifs is 1. The van der Waals surface area contributed by atoms with Crippen LogP contribution in [0.3, 0.4) is 0 Å². The Labute approximate surface area is 128 Å². The Morgan fingerprint density at radius 3 is 2.86 bits per heavy atom. The molecular weight excluding hydrogens is 287 g/mol. The summed E-state index contributed by atoms with van der Waals surface area (Å²) >= 11 is 6.04. The van der Waals surface area contributed by atoms with Crippen molar-refractivity contribution in [3.05, 3.63) is 70.6 Å². The molecule has 2 aromatic carbocycles. The van der Waals surface area contributed by atoms with E-state index in [0.717, 1.165) is 17.6 Å². The van der Waals surface area contributed by atoms with Gasteiger partial charge in [-0.05, 0) is 41.8 Å². The molecule has 0 fully saturated rings. The summed E-state index contributed by atoms with van der Waals surface area (Å²) < 4.78 is 15.6. The highest BCUT2D eigenvalue weighted by Gasteiger charge is 2.08. The van der Waals surface area contributed by atoms with Gasteiger partial charge in [0.25, 0.3) is 0 Å². The lowest BCUT2D eigenvalue weighted by molar-refractivity contribution is 0.624. The Morgan fingerprint density at radius 1 is 1.19 bits per heavy atom. The molecule has 0 aliphatic rings. The van der Waals surface area contributed by atoms with Gasteiger partial charge < -0.3 is 9.88 Å². The van der Waals surface area contributed by atoms with Gasteiger partial charge in [0.05, 0.1) is 5.02 Å². The third-order valence-corrected chi connectivity index (χ3v) is 4.01. The highest BCUT2D eigenvalue weighted by atomic mass is 35.5. The number of rotatable bonds is 4. The topological polar surface area (TPSA) is 17.0 Å². The van der Waals surface area contributed by atoms with E-state index in [1.807, 2.05) is 19.3 Å². The van der Waals surface area contributed by atoms with Gasteiger partial charge >= 0.3 is 0 Å². The number of hydrogen-bond donors (Lipinski definition) is 1. The van der Waals surface area contributed by atoms with Crippen molar-refractivity contribution in [3.8, 4) is 0 Å². The molecule has 1 heterocycles. The number of hydrogen-bond acceptors (Lipinski definition) is 1. The van der Waals surface area contributed by atoms with E-state index < -0.39 is 0 Å². The molecule has 0 amide bonds. The summed E-state index contributed by atoms with van der Waals surface area (Å²) in [6.07, 6.45) is 2.01. The van der Waals surface area contributed by atoms with E-state index >= 15 is 0 Å². The maximum Gasteiger partial charge on any atom is 0.142 e. The molecule has 4 heteroatoms. The van der Waals surface area contributed by atoms with Crippen molar-refractivity contribution in [2.24, 2.45) is 0 Å². The SMILES string of the molecule is CNCc1ccc2ccn(Cc3cccc(F)c3Cl)c2c1. The third kappa shape index (κ3) is 2.80. The average molecular weight is 303 g/mol. The lowest BCUT2D eigenvalue weighted by Gasteiger charge is -2.09. The zero-order valence-corrected chi connectivity index (χ0v) is 12.5. The zero-order valence-electron chi connectivity index (χ0n) is 11.7. The van der Waals surface area contributed by atoms with Gasteiger partial charge in [-0.25, -0.2) is 4.39 Å². The van der Waals surface area contributed by atoms with Gasteiger partial charge in [-0.2, -0.15) is 0 Å². The molecule has 0 radical (unpaired) electrons. The summed E-state index contributed by atoms with van der Waals surface area (Å²) in [7, 11) is 1.93. The van der Waals surface area contributed by atoms with Crippen LogP contribution in [0.2, 0.25) is 5.02 Å². The van der Waals surface area contributed by atoms with E-state index in [1.165, 1.54) is 17.0 Å². The second kappa shape index (κ2) is 5.88. The first-order chi connectivity index (χ1) is 10.2. The smallest absolute Gasteiger partial charge is 0.142 e. The minimum absolute atomic E-state index is 0.200. The standard InChI is InChI=1S/C17H16ClFN2/c1-20-10-12-5-6-13-7-8-21(16(13)9-12)11-14-3-2-4-15(19)17(14)18/h2-9,20H,10-11H2,1H3. The lowest BCUT2D eigenvalue weighted by atomic mass is 10.1. The molecule has 1 aromatic heterocycles. The van der Waals surface area contributed by atoms with Gasteiger partial charge in [0.2, 0.25) is 0 Å². The van der Waals surface area contributed by atoms with Crippen LogP contribution in [0, 0.1) is 5.82 Å². The molecule has 3 rings (SSSR count). The second-order valence-electron chi connectivity index (χ2n) is 5.08. The lowest BCUT2D eigenvalue weighted by Crippen LogP contribution is -2.05. The molecule has 2 nitrogen and oxygen atoms in total. The first kappa shape index (κ1) is 14.1. The van der Waals surface area contributed by atoms with Gasteiger partial charge in [-0.3, -0.25) is 0 Å². The molecule has 21 heavy (non-hydrogen) atoms. The van der Waals surface area contributed by atoms with Gasteiger partial charge in [0.1, 0.15) is 5.82 Å². The third-order valence-electron chi connectivity index (χ3n) is 3.59. The van der Waals surface area contributed by atoms with Crippen molar-refractivity contribution in [2.45, 2.75) is 13.1 Å². The largest absolute Gasteiger partial charge is 0.343 e. The normalized spacial score (nSPS) is 11.2. The maximum atomic E-state index is 13.5. The number of nitrogens with one attached hydrogen (secondary N) is 1. The van der Waals surface area contributed by atoms with Gasteiger partial charge in [-0.1, -0.05) is 35.9 Å². The zero-order chi connectivity index (χ0) is 14.8. The second-order valence-corrected chi connectivity index (χ2v) is 5.46.